The van der Waals surface area contributed by atoms with Gasteiger partial charge in [-0.25, -0.2) is 9.97 Å². The lowest BCUT2D eigenvalue weighted by atomic mass is 10.2. The summed E-state index contributed by atoms with van der Waals surface area (Å²) in [7, 11) is 0. The van der Waals surface area contributed by atoms with Crippen LogP contribution in [0.1, 0.15) is 21.5 Å². The molecule has 0 radical (unpaired) electrons. The van der Waals surface area contributed by atoms with E-state index in [0.717, 1.165) is 5.69 Å². The lowest BCUT2D eigenvalue weighted by Crippen LogP contribution is -2.13. The molecule has 0 atom stereocenters. The van der Waals surface area contributed by atoms with Gasteiger partial charge in [-0.3, -0.25) is 4.79 Å². The van der Waals surface area contributed by atoms with Gasteiger partial charge in [0.2, 0.25) is 5.95 Å². The van der Waals surface area contributed by atoms with Crippen molar-refractivity contribution in [2.24, 2.45) is 0 Å². The van der Waals surface area contributed by atoms with Crippen LogP contribution in [0.15, 0.2) is 60.9 Å². The minimum Gasteiger partial charge on any atom is -0.324 e. The number of amides is 1. The zero-order valence-corrected chi connectivity index (χ0v) is 13.5. The topological polar surface area (TPSA) is 90.7 Å². The molecule has 3 rings (SSSR count). The lowest BCUT2D eigenvalue weighted by Gasteiger charge is -2.07. The standard InChI is InChI=1S/C19H15N5O/c1-13-5-7-16(8-6-13)24-19-21-11-15(12-22-19)18(25)23-17-4-2-3-14(9-17)10-20/h2-9,11-12H,1H3,(H,23,25)(H,21,22,24). The van der Waals surface area contributed by atoms with E-state index in [0.29, 0.717) is 22.8 Å². The Hall–Kier alpha value is -3.72. The summed E-state index contributed by atoms with van der Waals surface area (Å²) < 4.78 is 0. The smallest absolute Gasteiger partial charge is 0.258 e. The predicted octanol–water partition coefficient (Wildman–Crippen LogP) is 3.65. The predicted molar refractivity (Wildman–Crippen MR) is 95.6 cm³/mol. The summed E-state index contributed by atoms with van der Waals surface area (Å²) in [4.78, 5) is 20.5. The van der Waals surface area contributed by atoms with E-state index >= 15 is 0 Å². The van der Waals surface area contributed by atoms with Crippen LogP contribution in [-0.4, -0.2) is 15.9 Å². The van der Waals surface area contributed by atoms with Gasteiger partial charge in [0.25, 0.3) is 5.91 Å². The first kappa shape index (κ1) is 16.1. The first-order valence-electron chi connectivity index (χ1n) is 7.61. The molecule has 0 saturated heterocycles. The van der Waals surface area contributed by atoms with Gasteiger partial charge in [-0.1, -0.05) is 23.8 Å². The molecule has 6 nitrogen and oxygen atoms in total. The van der Waals surface area contributed by atoms with Crippen LogP contribution in [0, 0.1) is 18.3 Å². The second-order valence-corrected chi connectivity index (χ2v) is 5.43. The molecule has 0 unspecified atom stereocenters. The maximum absolute atomic E-state index is 12.2. The van der Waals surface area contributed by atoms with Crippen LogP contribution in [0.4, 0.5) is 17.3 Å². The lowest BCUT2D eigenvalue weighted by molar-refractivity contribution is 0.102. The van der Waals surface area contributed by atoms with Crippen LogP contribution < -0.4 is 10.6 Å². The average Bonchev–Trinajstić information content (AvgIpc) is 2.64. The SMILES string of the molecule is Cc1ccc(Nc2ncc(C(=O)Nc3cccc(C#N)c3)cn2)cc1. The van der Waals surface area contributed by atoms with Crippen LogP contribution in [0.5, 0.6) is 0 Å². The van der Waals surface area contributed by atoms with Crippen molar-refractivity contribution in [3.63, 3.8) is 0 Å². The number of hydrogen-bond donors (Lipinski definition) is 2. The fraction of sp³-hybridized carbons (Fsp3) is 0.0526. The summed E-state index contributed by atoms with van der Waals surface area (Å²) in [5, 5.41) is 14.7. The van der Waals surface area contributed by atoms with Crippen molar-refractivity contribution in [3.05, 3.63) is 77.6 Å². The molecule has 0 aliphatic rings. The third-order valence-corrected chi connectivity index (χ3v) is 3.47. The molecule has 2 N–H and O–H groups in total. The van der Waals surface area contributed by atoms with Crippen LogP contribution in [-0.2, 0) is 0 Å². The molecular weight excluding hydrogens is 314 g/mol. The molecule has 1 heterocycles. The maximum Gasteiger partial charge on any atom is 0.258 e. The fourth-order valence-electron chi connectivity index (χ4n) is 2.15. The van der Waals surface area contributed by atoms with Gasteiger partial charge in [-0.05, 0) is 37.3 Å². The Kier molecular flexibility index (Phi) is 4.67. The molecule has 0 aliphatic carbocycles. The molecular formula is C19H15N5O. The number of anilines is 3. The fourth-order valence-corrected chi connectivity index (χ4v) is 2.15. The number of benzene rings is 2. The first-order chi connectivity index (χ1) is 12.1. The van der Waals surface area contributed by atoms with Crippen molar-refractivity contribution >= 4 is 23.2 Å². The third kappa shape index (κ3) is 4.18. The van der Waals surface area contributed by atoms with Crippen LogP contribution in [0.25, 0.3) is 0 Å². The Morgan fingerprint density at radius 3 is 2.44 bits per heavy atom. The van der Waals surface area contributed by atoms with E-state index in [1.54, 1.807) is 24.3 Å². The Balaban J connectivity index is 1.68. The van der Waals surface area contributed by atoms with Crippen molar-refractivity contribution in [1.29, 1.82) is 5.26 Å². The van der Waals surface area contributed by atoms with Gasteiger partial charge in [-0.15, -0.1) is 0 Å². The number of nitrogens with zero attached hydrogens (tertiary/aromatic N) is 3. The summed E-state index contributed by atoms with van der Waals surface area (Å²) in [5.41, 5.74) is 3.39. The maximum atomic E-state index is 12.2. The molecule has 0 bridgehead atoms. The molecule has 3 aromatic rings. The summed E-state index contributed by atoms with van der Waals surface area (Å²) in [6.07, 6.45) is 2.90. The molecule has 2 aromatic carbocycles. The molecule has 1 aromatic heterocycles. The Bertz CT molecular complexity index is 927. The highest BCUT2D eigenvalue weighted by Gasteiger charge is 2.08. The number of aromatic nitrogens is 2. The minimum atomic E-state index is -0.336. The molecule has 0 saturated carbocycles. The highest BCUT2D eigenvalue weighted by Crippen LogP contribution is 2.14. The Morgan fingerprint density at radius 2 is 1.76 bits per heavy atom. The number of nitrogens with one attached hydrogen (secondary N) is 2. The van der Waals surface area contributed by atoms with E-state index in [2.05, 4.69) is 20.6 Å². The van der Waals surface area contributed by atoms with E-state index in [4.69, 9.17) is 5.26 Å². The summed E-state index contributed by atoms with van der Waals surface area (Å²) >= 11 is 0. The largest absolute Gasteiger partial charge is 0.324 e. The van der Waals surface area contributed by atoms with E-state index in [1.807, 2.05) is 37.3 Å². The second-order valence-electron chi connectivity index (χ2n) is 5.43. The van der Waals surface area contributed by atoms with E-state index in [1.165, 1.54) is 18.0 Å². The zero-order chi connectivity index (χ0) is 17.6. The van der Waals surface area contributed by atoms with Gasteiger partial charge in [0.1, 0.15) is 0 Å². The van der Waals surface area contributed by atoms with Crippen molar-refractivity contribution < 1.29 is 4.79 Å². The molecule has 25 heavy (non-hydrogen) atoms. The van der Waals surface area contributed by atoms with E-state index < -0.39 is 0 Å². The number of aryl methyl sites for hydroxylation is 1. The molecule has 0 aliphatic heterocycles. The van der Waals surface area contributed by atoms with Gasteiger partial charge >= 0.3 is 0 Å². The number of rotatable bonds is 4. The van der Waals surface area contributed by atoms with Gasteiger partial charge in [0.05, 0.1) is 17.2 Å². The number of nitriles is 1. The van der Waals surface area contributed by atoms with Gasteiger partial charge in [0.15, 0.2) is 0 Å². The average molecular weight is 329 g/mol. The highest BCUT2D eigenvalue weighted by molar-refractivity contribution is 6.04. The molecule has 122 valence electrons. The van der Waals surface area contributed by atoms with Gasteiger partial charge in [-0.2, -0.15) is 5.26 Å². The van der Waals surface area contributed by atoms with E-state index in [9.17, 15) is 4.79 Å². The summed E-state index contributed by atoms with van der Waals surface area (Å²) in [6.45, 7) is 2.01. The number of hydrogen-bond acceptors (Lipinski definition) is 5. The van der Waals surface area contributed by atoms with Crippen LogP contribution in [0.3, 0.4) is 0 Å². The van der Waals surface area contributed by atoms with Crippen molar-refractivity contribution in [2.75, 3.05) is 10.6 Å². The normalized spacial score (nSPS) is 9.92. The molecule has 6 heteroatoms. The summed E-state index contributed by atoms with van der Waals surface area (Å²) in [6, 6.07) is 16.6. The van der Waals surface area contributed by atoms with E-state index in [-0.39, 0.29) is 5.91 Å². The Labute approximate surface area is 145 Å². The second kappa shape index (κ2) is 7.23. The van der Waals surface area contributed by atoms with Crippen molar-refractivity contribution in [3.8, 4) is 6.07 Å². The van der Waals surface area contributed by atoms with Gasteiger partial charge in [0, 0.05) is 23.8 Å². The van der Waals surface area contributed by atoms with Gasteiger partial charge < -0.3 is 10.6 Å². The number of carbonyl (C=O) groups is 1. The molecule has 0 spiro atoms. The van der Waals surface area contributed by atoms with Crippen molar-refractivity contribution in [1.82, 2.24) is 9.97 Å². The minimum absolute atomic E-state index is 0.330. The van der Waals surface area contributed by atoms with Crippen LogP contribution >= 0.6 is 0 Å². The quantitative estimate of drug-likeness (QED) is 0.762. The number of carbonyl (C=O) groups excluding carboxylic acids is 1. The molecule has 0 fully saturated rings. The molecule has 1 amide bonds. The first-order valence-corrected chi connectivity index (χ1v) is 7.61. The Morgan fingerprint density at radius 1 is 1.04 bits per heavy atom. The highest BCUT2D eigenvalue weighted by atomic mass is 16.1. The van der Waals surface area contributed by atoms with Crippen LogP contribution in [0.2, 0.25) is 0 Å². The third-order valence-electron chi connectivity index (χ3n) is 3.47. The monoisotopic (exact) mass is 329 g/mol. The van der Waals surface area contributed by atoms with Crippen molar-refractivity contribution in [2.45, 2.75) is 6.92 Å². The summed E-state index contributed by atoms with van der Waals surface area (Å²) in [5.74, 6) is 0.0730. The zero-order valence-electron chi connectivity index (χ0n) is 13.5.